The van der Waals surface area contributed by atoms with Gasteiger partial charge in [-0.3, -0.25) is 0 Å². The Hall–Kier alpha value is 0.650. The molecule has 0 amide bonds. The molecule has 0 unspecified atom stereocenters. The van der Waals surface area contributed by atoms with Crippen LogP contribution in [-0.2, 0) is 7.05 Å². The minimum atomic E-state index is 0.807. The molecule has 1 aromatic heterocycles. The van der Waals surface area contributed by atoms with Gasteiger partial charge in [0.15, 0.2) is 4.73 Å². The van der Waals surface area contributed by atoms with Crippen molar-refractivity contribution < 1.29 is 0 Å². The highest BCUT2D eigenvalue weighted by Gasteiger charge is 2.05. The lowest BCUT2D eigenvalue weighted by Crippen LogP contribution is -1.85. The van der Waals surface area contributed by atoms with Crippen molar-refractivity contribution in [3.8, 4) is 0 Å². The molecule has 0 aromatic carbocycles. The van der Waals surface area contributed by atoms with Gasteiger partial charge >= 0.3 is 0 Å². The second kappa shape index (κ2) is 2.72. The summed E-state index contributed by atoms with van der Waals surface area (Å²) in [6, 6.07) is 0. The Kier molecular flexibility index (Phi) is 2.34. The van der Waals surface area contributed by atoms with Crippen molar-refractivity contribution in [1.29, 1.82) is 0 Å². The summed E-state index contributed by atoms with van der Waals surface area (Å²) in [5, 5.41) is 0. The minimum absolute atomic E-state index is 0.807. The SMILES string of the molecule is Cn1c(Br)nc(Br)c1Br. The molecule has 0 radical (unpaired) electrons. The van der Waals surface area contributed by atoms with Crippen LogP contribution in [0.5, 0.6) is 0 Å². The van der Waals surface area contributed by atoms with Crippen molar-refractivity contribution in [2.75, 3.05) is 0 Å². The molecule has 1 aromatic rings. The molecule has 0 spiro atoms. The lowest BCUT2D eigenvalue weighted by Gasteiger charge is -1.91. The maximum absolute atomic E-state index is 4.06. The standard InChI is InChI=1S/C4H3Br3N2/c1-9-3(6)2(5)8-4(9)7/h1H3. The number of halogens is 3. The van der Waals surface area contributed by atoms with Crippen molar-refractivity contribution >= 4 is 47.8 Å². The summed E-state index contributed by atoms with van der Waals surface area (Å²) in [4.78, 5) is 4.06. The van der Waals surface area contributed by atoms with Crippen LogP contribution in [0, 0.1) is 0 Å². The molecule has 0 aliphatic carbocycles. The number of imidazole rings is 1. The van der Waals surface area contributed by atoms with Gasteiger partial charge < -0.3 is 4.57 Å². The van der Waals surface area contributed by atoms with Crippen LogP contribution in [0.25, 0.3) is 0 Å². The highest BCUT2D eigenvalue weighted by Crippen LogP contribution is 2.24. The third-order valence-corrected chi connectivity index (χ3v) is 3.63. The van der Waals surface area contributed by atoms with Crippen LogP contribution in [0.4, 0.5) is 0 Å². The summed E-state index contributed by atoms with van der Waals surface area (Å²) in [7, 11) is 1.91. The first-order valence-corrected chi connectivity index (χ1v) is 4.54. The molecule has 0 saturated carbocycles. The summed E-state index contributed by atoms with van der Waals surface area (Å²) in [6.07, 6.45) is 0. The van der Waals surface area contributed by atoms with Crippen molar-refractivity contribution in [2.24, 2.45) is 7.05 Å². The van der Waals surface area contributed by atoms with Crippen molar-refractivity contribution in [2.45, 2.75) is 0 Å². The highest BCUT2D eigenvalue weighted by atomic mass is 79.9. The van der Waals surface area contributed by atoms with E-state index >= 15 is 0 Å². The fraction of sp³-hybridized carbons (Fsp3) is 0.250. The highest BCUT2D eigenvalue weighted by molar-refractivity contribution is 9.13. The monoisotopic (exact) mass is 316 g/mol. The first-order chi connectivity index (χ1) is 4.13. The van der Waals surface area contributed by atoms with E-state index in [1.165, 1.54) is 0 Å². The van der Waals surface area contributed by atoms with Gasteiger partial charge in [0.05, 0.1) is 0 Å². The minimum Gasteiger partial charge on any atom is -0.315 e. The summed E-state index contributed by atoms with van der Waals surface area (Å²) < 4.78 is 4.44. The Bertz CT molecular complexity index is 207. The first kappa shape index (κ1) is 7.75. The van der Waals surface area contributed by atoms with E-state index < -0.39 is 0 Å². The van der Waals surface area contributed by atoms with Crippen LogP contribution in [0.15, 0.2) is 13.9 Å². The quantitative estimate of drug-likeness (QED) is 0.719. The third kappa shape index (κ3) is 1.38. The Labute approximate surface area is 78.0 Å². The number of aromatic nitrogens is 2. The lowest BCUT2D eigenvalue weighted by molar-refractivity contribution is 0.860. The topological polar surface area (TPSA) is 17.8 Å². The van der Waals surface area contributed by atoms with Gasteiger partial charge in [0.2, 0.25) is 0 Å². The number of rotatable bonds is 0. The third-order valence-electron chi connectivity index (χ3n) is 0.932. The Balaban J connectivity index is 3.29. The molecule has 0 fully saturated rings. The van der Waals surface area contributed by atoms with Gasteiger partial charge in [-0.2, -0.15) is 0 Å². The van der Waals surface area contributed by atoms with E-state index in [0.717, 1.165) is 13.9 Å². The summed E-state index contributed by atoms with van der Waals surface area (Å²) in [5.41, 5.74) is 0. The van der Waals surface area contributed by atoms with Crippen molar-refractivity contribution in [3.05, 3.63) is 13.9 Å². The molecule has 1 rings (SSSR count). The molecule has 0 saturated heterocycles. The second-order valence-corrected chi connectivity index (χ2v) is 3.73. The number of hydrogen-bond donors (Lipinski definition) is 0. The van der Waals surface area contributed by atoms with Gasteiger partial charge in [0.25, 0.3) is 0 Å². The molecule has 0 N–H and O–H groups in total. The van der Waals surface area contributed by atoms with E-state index in [9.17, 15) is 0 Å². The molecule has 5 heteroatoms. The molecule has 50 valence electrons. The summed E-state index contributed by atoms with van der Waals surface area (Å²) in [6.45, 7) is 0. The zero-order valence-electron chi connectivity index (χ0n) is 4.53. The smallest absolute Gasteiger partial charge is 0.178 e. The zero-order valence-corrected chi connectivity index (χ0v) is 9.29. The molecule has 0 aliphatic heterocycles. The van der Waals surface area contributed by atoms with Gasteiger partial charge in [0, 0.05) is 7.05 Å². The maximum Gasteiger partial charge on any atom is 0.178 e. The van der Waals surface area contributed by atoms with Crippen LogP contribution < -0.4 is 0 Å². The Morgan fingerprint density at radius 3 is 2.00 bits per heavy atom. The maximum atomic E-state index is 4.06. The summed E-state index contributed by atoms with van der Waals surface area (Å²) in [5.74, 6) is 0. The van der Waals surface area contributed by atoms with Crippen LogP contribution in [-0.4, -0.2) is 9.55 Å². The van der Waals surface area contributed by atoms with E-state index in [1.54, 1.807) is 0 Å². The van der Waals surface area contributed by atoms with Gasteiger partial charge in [-0.25, -0.2) is 4.98 Å². The van der Waals surface area contributed by atoms with E-state index in [-0.39, 0.29) is 0 Å². The van der Waals surface area contributed by atoms with Crippen molar-refractivity contribution in [1.82, 2.24) is 9.55 Å². The average molecular weight is 319 g/mol. The Morgan fingerprint density at radius 1 is 1.33 bits per heavy atom. The lowest BCUT2D eigenvalue weighted by atomic mass is 10.9. The van der Waals surface area contributed by atoms with Crippen LogP contribution in [0.2, 0.25) is 0 Å². The molecule has 2 nitrogen and oxygen atoms in total. The molecular weight excluding hydrogens is 316 g/mol. The predicted octanol–water partition coefficient (Wildman–Crippen LogP) is 2.71. The van der Waals surface area contributed by atoms with E-state index in [4.69, 9.17) is 0 Å². The first-order valence-electron chi connectivity index (χ1n) is 2.16. The molecule has 0 atom stereocenters. The normalized spacial score (nSPS) is 10.2. The van der Waals surface area contributed by atoms with Crippen LogP contribution >= 0.6 is 47.8 Å². The number of hydrogen-bond acceptors (Lipinski definition) is 1. The Morgan fingerprint density at radius 2 is 1.89 bits per heavy atom. The predicted molar refractivity (Wildman–Crippen MR) is 46.3 cm³/mol. The van der Waals surface area contributed by atoms with Gasteiger partial charge in [0.1, 0.15) is 9.21 Å². The largest absolute Gasteiger partial charge is 0.315 e. The van der Waals surface area contributed by atoms with E-state index in [2.05, 4.69) is 52.8 Å². The fourth-order valence-electron chi connectivity index (χ4n) is 0.422. The van der Waals surface area contributed by atoms with E-state index in [0.29, 0.717) is 0 Å². The van der Waals surface area contributed by atoms with Crippen molar-refractivity contribution in [3.63, 3.8) is 0 Å². The fourth-order valence-corrected chi connectivity index (χ4v) is 1.94. The molecule has 9 heavy (non-hydrogen) atoms. The van der Waals surface area contributed by atoms with E-state index in [1.807, 2.05) is 11.6 Å². The molecule has 0 aliphatic rings. The molecule has 0 bridgehead atoms. The molecular formula is C4H3Br3N2. The van der Waals surface area contributed by atoms with Crippen LogP contribution in [0.3, 0.4) is 0 Å². The zero-order chi connectivity index (χ0) is 7.02. The van der Waals surface area contributed by atoms with Crippen LogP contribution in [0.1, 0.15) is 0 Å². The number of nitrogens with zero attached hydrogens (tertiary/aromatic N) is 2. The van der Waals surface area contributed by atoms with Gasteiger partial charge in [-0.15, -0.1) is 0 Å². The van der Waals surface area contributed by atoms with Gasteiger partial charge in [-0.05, 0) is 47.8 Å². The summed E-state index contributed by atoms with van der Waals surface area (Å²) >= 11 is 9.84. The average Bonchev–Trinajstić information content (AvgIpc) is 1.98. The molecule has 1 heterocycles. The van der Waals surface area contributed by atoms with Gasteiger partial charge in [-0.1, -0.05) is 0 Å². The second-order valence-electron chi connectivity index (χ2n) is 1.52.